The first kappa shape index (κ1) is 14.5. The van der Waals surface area contributed by atoms with Crippen molar-refractivity contribution in [2.75, 3.05) is 25.1 Å². The minimum absolute atomic E-state index is 0.593. The summed E-state index contributed by atoms with van der Waals surface area (Å²) in [4.78, 5) is 13.7. The van der Waals surface area contributed by atoms with Crippen LogP contribution in [0.4, 0.5) is 5.82 Å². The minimum Gasteiger partial charge on any atom is -0.481 e. The lowest BCUT2D eigenvalue weighted by atomic mass is 9.87. The first-order valence-corrected chi connectivity index (χ1v) is 7.94. The smallest absolute Gasteiger partial charge is 0.212 e. The van der Waals surface area contributed by atoms with Crippen LogP contribution < -0.4 is 15.1 Å². The highest BCUT2D eigenvalue weighted by molar-refractivity contribution is 6.32. The van der Waals surface area contributed by atoms with Gasteiger partial charge in [-0.3, -0.25) is 4.90 Å². The number of pyridine rings is 2. The van der Waals surface area contributed by atoms with Gasteiger partial charge in [-0.25, -0.2) is 9.97 Å². The predicted molar refractivity (Wildman–Crippen MR) is 90.4 cm³/mol. The number of methoxy groups -OCH3 is 1. The Bertz CT molecular complexity index is 664. The van der Waals surface area contributed by atoms with E-state index in [2.05, 4.69) is 25.8 Å². The van der Waals surface area contributed by atoms with Gasteiger partial charge in [-0.05, 0) is 18.1 Å². The second-order valence-electron chi connectivity index (χ2n) is 6.28. The molecule has 2 aromatic rings. The van der Waals surface area contributed by atoms with Crippen LogP contribution >= 0.6 is 0 Å². The molecule has 3 aliphatic heterocycles. The van der Waals surface area contributed by atoms with E-state index in [0.29, 0.717) is 23.4 Å². The highest BCUT2D eigenvalue weighted by Crippen LogP contribution is 2.35. The maximum atomic E-state index is 5.72. The number of rotatable bonds is 4. The largest absolute Gasteiger partial charge is 0.481 e. The number of ether oxygens (including phenoxy) is 1. The molecule has 3 aliphatic rings. The molecule has 0 saturated carbocycles. The van der Waals surface area contributed by atoms with Gasteiger partial charge >= 0.3 is 0 Å². The van der Waals surface area contributed by atoms with Crippen LogP contribution in [-0.2, 0) is 6.54 Å². The first-order chi connectivity index (χ1) is 11.2. The van der Waals surface area contributed by atoms with E-state index in [1.54, 1.807) is 13.3 Å². The molecule has 23 heavy (non-hydrogen) atoms. The van der Waals surface area contributed by atoms with Crippen LogP contribution in [0.1, 0.15) is 12.0 Å². The third-order valence-electron chi connectivity index (χ3n) is 4.81. The molecule has 5 rings (SSSR count). The van der Waals surface area contributed by atoms with Crippen LogP contribution in [0.2, 0.25) is 0 Å². The molecule has 5 heterocycles. The van der Waals surface area contributed by atoms with Crippen LogP contribution in [-0.4, -0.2) is 55.0 Å². The normalized spacial score (nSPS) is 23.4. The fourth-order valence-electron chi connectivity index (χ4n) is 3.55. The van der Waals surface area contributed by atoms with E-state index in [0.717, 1.165) is 25.5 Å². The summed E-state index contributed by atoms with van der Waals surface area (Å²) in [6.07, 6.45) is 4.91. The standard InChI is InChI=1S/C17H19BN4O/c1-23-17-5-2-12(7-20-17)9-22-14-6-15(22)11-21(10-14)16-4-3-13(18)8-19-16/h2-5,7-8,14-15H,6,9-11H2,1H3. The molecule has 2 atom stereocenters. The maximum absolute atomic E-state index is 5.72. The minimum atomic E-state index is 0.593. The number of hydrogen-bond donors (Lipinski definition) is 0. The molecule has 2 unspecified atom stereocenters. The molecule has 0 spiro atoms. The molecule has 2 bridgehead atoms. The summed E-state index contributed by atoms with van der Waals surface area (Å²) >= 11 is 0. The lowest BCUT2D eigenvalue weighted by molar-refractivity contribution is -0.00876. The monoisotopic (exact) mass is 306 g/mol. The highest BCUT2D eigenvalue weighted by atomic mass is 16.5. The molecular weight excluding hydrogens is 287 g/mol. The van der Waals surface area contributed by atoms with Crippen molar-refractivity contribution >= 4 is 19.1 Å². The molecule has 0 N–H and O–H groups in total. The Hall–Kier alpha value is -2.08. The molecule has 3 fully saturated rings. The van der Waals surface area contributed by atoms with Crippen molar-refractivity contribution in [1.82, 2.24) is 14.9 Å². The topological polar surface area (TPSA) is 41.5 Å². The third kappa shape index (κ3) is 2.79. The van der Waals surface area contributed by atoms with Crippen molar-refractivity contribution < 1.29 is 4.74 Å². The molecule has 2 radical (unpaired) electrons. The van der Waals surface area contributed by atoms with Crippen LogP contribution in [0, 0.1) is 0 Å². The Morgan fingerprint density at radius 2 is 1.96 bits per heavy atom. The van der Waals surface area contributed by atoms with E-state index in [1.165, 1.54) is 12.0 Å². The first-order valence-electron chi connectivity index (χ1n) is 7.94. The summed E-state index contributed by atoms with van der Waals surface area (Å²) < 4.78 is 5.11. The van der Waals surface area contributed by atoms with Crippen LogP contribution in [0.3, 0.4) is 0 Å². The van der Waals surface area contributed by atoms with Gasteiger partial charge in [0, 0.05) is 50.2 Å². The van der Waals surface area contributed by atoms with Crippen molar-refractivity contribution in [1.29, 1.82) is 0 Å². The Morgan fingerprint density at radius 1 is 1.13 bits per heavy atom. The van der Waals surface area contributed by atoms with E-state index in [4.69, 9.17) is 12.6 Å². The zero-order valence-electron chi connectivity index (χ0n) is 13.2. The molecule has 0 amide bonds. The zero-order valence-corrected chi connectivity index (χ0v) is 13.2. The van der Waals surface area contributed by atoms with Crippen molar-refractivity contribution in [3.8, 4) is 5.88 Å². The number of hydrogen-bond acceptors (Lipinski definition) is 5. The molecule has 5 nitrogen and oxygen atoms in total. The molecule has 0 aliphatic carbocycles. The summed E-state index contributed by atoms with van der Waals surface area (Å²) in [5.41, 5.74) is 1.95. The summed E-state index contributed by atoms with van der Waals surface area (Å²) in [5, 5.41) is 0. The van der Waals surface area contributed by atoms with Gasteiger partial charge in [0.1, 0.15) is 13.7 Å². The molecular formula is C17H19BN4O. The van der Waals surface area contributed by atoms with Gasteiger partial charge in [0.05, 0.1) is 7.11 Å². The molecule has 0 aromatic carbocycles. The molecule has 116 valence electrons. The number of anilines is 1. The lowest BCUT2D eigenvalue weighted by Crippen LogP contribution is -2.68. The summed E-state index contributed by atoms with van der Waals surface area (Å²) in [6, 6.07) is 9.14. The fourth-order valence-corrected chi connectivity index (χ4v) is 3.55. The Balaban J connectivity index is 1.40. The third-order valence-corrected chi connectivity index (χ3v) is 4.81. The summed E-state index contributed by atoms with van der Waals surface area (Å²) in [6.45, 7) is 3.00. The van der Waals surface area contributed by atoms with E-state index in [-0.39, 0.29) is 0 Å². The predicted octanol–water partition coefficient (Wildman–Crippen LogP) is 0.742. The van der Waals surface area contributed by atoms with Gasteiger partial charge in [-0.1, -0.05) is 17.6 Å². The van der Waals surface area contributed by atoms with Crippen LogP contribution in [0.15, 0.2) is 36.7 Å². The lowest BCUT2D eigenvalue weighted by Gasteiger charge is -2.56. The average molecular weight is 306 g/mol. The number of nitrogens with zero attached hydrogens (tertiary/aromatic N) is 4. The Labute approximate surface area is 137 Å². The van der Waals surface area contributed by atoms with Gasteiger partial charge in [0.2, 0.25) is 5.88 Å². The molecule has 3 saturated heterocycles. The molecule has 2 aromatic heterocycles. The van der Waals surface area contributed by atoms with Gasteiger partial charge in [-0.2, -0.15) is 0 Å². The average Bonchev–Trinajstić information content (AvgIpc) is 2.61. The maximum Gasteiger partial charge on any atom is 0.212 e. The van der Waals surface area contributed by atoms with Crippen molar-refractivity contribution in [2.24, 2.45) is 0 Å². The van der Waals surface area contributed by atoms with E-state index < -0.39 is 0 Å². The highest BCUT2D eigenvalue weighted by Gasteiger charge is 2.44. The van der Waals surface area contributed by atoms with Crippen LogP contribution in [0.5, 0.6) is 5.88 Å². The number of piperidine rings is 1. The number of fused-ring (bicyclic) bond motifs is 2. The second kappa shape index (κ2) is 5.85. The van der Waals surface area contributed by atoms with Crippen LogP contribution in [0.25, 0.3) is 0 Å². The number of piperazine rings is 1. The molecule has 6 heteroatoms. The fraction of sp³-hybridized carbons (Fsp3) is 0.412. The van der Waals surface area contributed by atoms with Gasteiger partial charge in [0.25, 0.3) is 0 Å². The van der Waals surface area contributed by atoms with Crippen molar-refractivity contribution in [3.05, 3.63) is 42.2 Å². The van der Waals surface area contributed by atoms with Gasteiger partial charge in [0.15, 0.2) is 0 Å². The van der Waals surface area contributed by atoms with Crippen molar-refractivity contribution in [3.63, 3.8) is 0 Å². The number of aromatic nitrogens is 2. The zero-order chi connectivity index (χ0) is 15.8. The van der Waals surface area contributed by atoms with Gasteiger partial charge in [-0.15, -0.1) is 0 Å². The summed E-state index contributed by atoms with van der Waals surface area (Å²) in [5.74, 6) is 1.69. The van der Waals surface area contributed by atoms with Crippen molar-refractivity contribution in [2.45, 2.75) is 25.0 Å². The second-order valence-corrected chi connectivity index (χ2v) is 6.28. The van der Waals surface area contributed by atoms with E-state index >= 15 is 0 Å². The quantitative estimate of drug-likeness (QED) is 0.780. The SMILES string of the molecule is [B]c1ccc(N2CC3CC(C2)N3Cc2ccc(OC)nc2)nc1. The summed E-state index contributed by atoms with van der Waals surface area (Å²) in [7, 11) is 7.36. The van der Waals surface area contributed by atoms with E-state index in [1.807, 2.05) is 24.4 Å². The van der Waals surface area contributed by atoms with E-state index in [9.17, 15) is 0 Å². The Morgan fingerprint density at radius 3 is 2.57 bits per heavy atom. The van der Waals surface area contributed by atoms with Gasteiger partial charge < -0.3 is 9.64 Å². The Kier molecular flexibility index (Phi) is 3.69.